The van der Waals surface area contributed by atoms with E-state index in [1.165, 1.54) is 23.8 Å². The second-order valence-electron chi connectivity index (χ2n) is 4.47. The Balaban J connectivity index is 1.79. The van der Waals surface area contributed by atoms with Crippen molar-refractivity contribution in [1.29, 1.82) is 0 Å². The number of thiazole rings is 1. The van der Waals surface area contributed by atoms with Crippen LogP contribution >= 0.6 is 11.3 Å². The lowest BCUT2D eigenvalue weighted by Crippen LogP contribution is -2.13. The van der Waals surface area contributed by atoms with Crippen LogP contribution in [0.25, 0.3) is 0 Å². The molecule has 0 aliphatic heterocycles. The first-order chi connectivity index (χ1) is 9.79. The van der Waals surface area contributed by atoms with Crippen LogP contribution in [-0.2, 0) is 13.2 Å². The van der Waals surface area contributed by atoms with Gasteiger partial charge in [-0.05, 0) is 25.1 Å². The molecule has 0 saturated heterocycles. The molecule has 0 saturated carbocycles. The number of hydrogen-bond donors (Lipinski definition) is 1. The van der Waals surface area contributed by atoms with Gasteiger partial charge in [-0.3, -0.25) is 0 Å². The van der Waals surface area contributed by atoms with Crippen molar-refractivity contribution >= 4 is 11.3 Å². The van der Waals surface area contributed by atoms with Gasteiger partial charge in [-0.1, -0.05) is 25.5 Å². The summed E-state index contributed by atoms with van der Waals surface area (Å²) in [5, 5.41) is 4.23. The van der Waals surface area contributed by atoms with Gasteiger partial charge in [-0.2, -0.15) is 0 Å². The number of para-hydroxylation sites is 1. The van der Waals surface area contributed by atoms with E-state index in [2.05, 4.69) is 17.2 Å². The summed E-state index contributed by atoms with van der Waals surface area (Å²) < 4.78 is 18.8. The normalized spacial score (nSPS) is 10.7. The molecule has 0 unspecified atom stereocenters. The first-order valence-electron chi connectivity index (χ1n) is 6.81. The first kappa shape index (κ1) is 14.9. The highest BCUT2D eigenvalue weighted by Crippen LogP contribution is 2.19. The molecule has 0 fully saturated rings. The van der Waals surface area contributed by atoms with Crippen LogP contribution in [0.2, 0.25) is 0 Å². The van der Waals surface area contributed by atoms with E-state index in [1.54, 1.807) is 29.5 Å². The maximum Gasteiger partial charge on any atom is 0.165 e. The summed E-state index contributed by atoms with van der Waals surface area (Å²) in [4.78, 5) is 5.47. The molecule has 3 nitrogen and oxygen atoms in total. The van der Waals surface area contributed by atoms with Gasteiger partial charge in [0, 0.05) is 17.6 Å². The highest BCUT2D eigenvalue weighted by atomic mass is 32.1. The van der Waals surface area contributed by atoms with Crippen LogP contribution in [0.15, 0.2) is 30.5 Å². The highest BCUT2D eigenvalue weighted by molar-refractivity contribution is 7.11. The quantitative estimate of drug-likeness (QED) is 0.753. The zero-order chi connectivity index (χ0) is 14.2. The van der Waals surface area contributed by atoms with E-state index in [0.717, 1.165) is 18.1 Å². The summed E-state index contributed by atoms with van der Waals surface area (Å²) in [6, 6.07) is 6.41. The second kappa shape index (κ2) is 7.97. The molecule has 0 spiro atoms. The third-order valence-corrected chi connectivity index (χ3v) is 3.77. The number of rotatable bonds is 8. The summed E-state index contributed by atoms with van der Waals surface area (Å²) in [6.07, 6.45) is 4.23. The number of hydrogen-bond acceptors (Lipinski definition) is 4. The van der Waals surface area contributed by atoms with E-state index in [4.69, 9.17) is 4.74 Å². The van der Waals surface area contributed by atoms with E-state index in [9.17, 15) is 4.39 Å². The molecule has 0 aliphatic carbocycles. The summed E-state index contributed by atoms with van der Waals surface area (Å²) in [6.45, 7) is 4.33. The van der Waals surface area contributed by atoms with E-state index < -0.39 is 0 Å². The van der Waals surface area contributed by atoms with Gasteiger partial charge in [0.05, 0.1) is 0 Å². The number of unbranched alkanes of at least 4 members (excludes halogenated alkanes) is 1. The Hall–Kier alpha value is -1.46. The average Bonchev–Trinajstić information content (AvgIpc) is 2.91. The standard InChI is InChI=1S/C15H19FN2OS/c1-2-3-8-17-9-12-10-18-15(20-12)11-19-14-7-5-4-6-13(14)16/h4-7,10,17H,2-3,8-9,11H2,1H3. The molecule has 0 bridgehead atoms. The van der Waals surface area contributed by atoms with Crippen LogP contribution in [0.4, 0.5) is 4.39 Å². The van der Waals surface area contributed by atoms with Gasteiger partial charge < -0.3 is 10.1 Å². The molecule has 1 aromatic carbocycles. The van der Waals surface area contributed by atoms with E-state index in [1.807, 2.05) is 6.20 Å². The summed E-state index contributed by atoms with van der Waals surface area (Å²) >= 11 is 1.59. The molecule has 0 amide bonds. The van der Waals surface area contributed by atoms with Crippen LogP contribution in [-0.4, -0.2) is 11.5 Å². The van der Waals surface area contributed by atoms with Gasteiger partial charge in [0.2, 0.25) is 0 Å². The topological polar surface area (TPSA) is 34.2 Å². The Morgan fingerprint density at radius 2 is 2.20 bits per heavy atom. The predicted molar refractivity (Wildman–Crippen MR) is 79.5 cm³/mol. The number of halogens is 1. The van der Waals surface area contributed by atoms with Gasteiger partial charge in [-0.15, -0.1) is 11.3 Å². The molecular weight excluding hydrogens is 275 g/mol. The van der Waals surface area contributed by atoms with E-state index in [0.29, 0.717) is 6.61 Å². The molecule has 1 heterocycles. The average molecular weight is 294 g/mol. The summed E-state index contributed by atoms with van der Waals surface area (Å²) in [5.74, 6) is -0.0733. The van der Waals surface area contributed by atoms with Crippen molar-refractivity contribution in [2.45, 2.75) is 32.9 Å². The number of benzene rings is 1. The minimum absolute atomic E-state index is 0.269. The van der Waals surface area contributed by atoms with Crippen LogP contribution in [0, 0.1) is 5.82 Å². The minimum Gasteiger partial charge on any atom is -0.483 e. The molecule has 1 aromatic heterocycles. The molecule has 0 aliphatic rings. The maximum atomic E-state index is 13.4. The molecule has 2 rings (SSSR count). The molecule has 2 aromatic rings. The lowest BCUT2D eigenvalue weighted by molar-refractivity contribution is 0.290. The number of aromatic nitrogens is 1. The van der Waals surface area contributed by atoms with E-state index in [-0.39, 0.29) is 11.6 Å². The lowest BCUT2D eigenvalue weighted by Gasteiger charge is -2.04. The highest BCUT2D eigenvalue weighted by Gasteiger charge is 2.05. The van der Waals surface area contributed by atoms with Crippen molar-refractivity contribution in [2.24, 2.45) is 0 Å². The smallest absolute Gasteiger partial charge is 0.165 e. The fraction of sp³-hybridized carbons (Fsp3) is 0.400. The minimum atomic E-state index is -0.342. The van der Waals surface area contributed by atoms with E-state index >= 15 is 0 Å². The van der Waals surface area contributed by atoms with Crippen molar-refractivity contribution in [2.75, 3.05) is 6.54 Å². The number of nitrogens with zero attached hydrogens (tertiary/aromatic N) is 1. The summed E-state index contributed by atoms with van der Waals surface area (Å²) in [7, 11) is 0. The molecule has 20 heavy (non-hydrogen) atoms. The van der Waals surface area contributed by atoms with Gasteiger partial charge in [0.25, 0.3) is 0 Å². The van der Waals surface area contributed by atoms with Crippen LogP contribution in [0.5, 0.6) is 5.75 Å². The Labute approximate surface area is 122 Å². The Morgan fingerprint density at radius 1 is 1.35 bits per heavy atom. The van der Waals surface area contributed by atoms with Crippen LogP contribution in [0.3, 0.4) is 0 Å². The largest absolute Gasteiger partial charge is 0.483 e. The number of nitrogens with one attached hydrogen (secondary N) is 1. The lowest BCUT2D eigenvalue weighted by atomic mass is 10.3. The van der Waals surface area contributed by atoms with Crippen LogP contribution in [0.1, 0.15) is 29.7 Å². The van der Waals surface area contributed by atoms with Crippen molar-refractivity contribution in [3.8, 4) is 5.75 Å². The van der Waals surface area contributed by atoms with Gasteiger partial charge in [-0.25, -0.2) is 9.37 Å². The molecule has 0 radical (unpaired) electrons. The zero-order valence-corrected chi connectivity index (χ0v) is 12.4. The second-order valence-corrected chi connectivity index (χ2v) is 5.67. The Bertz CT molecular complexity index is 530. The maximum absolute atomic E-state index is 13.4. The SMILES string of the molecule is CCCCNCc1cnc(COc2ccccc2F)s1. The monoisotopic (exact) mass is 294 g/mol. The Morgan fingerprint density at radius 3 is 3.00 bits per heavy atom. The van der Waals surface area contributed by atoms with Crippen molar-refractivity contribution < 1.29 is 9.13 Å². The zero-order valence-electron chi connectivity index (χ0n) is 11.6. The van der Waals surface area contributed by atoms with Crippen molar-refractivity contribution in [1.82, 2.24) is 10.3 Å². The van der Waals surface area contributed by atoms with Crippen LogP contribution < -0.4 is 10.1 Å². The molecular formula is C15H19FN2OS. The third-order valence-electron chi connectivity index (χ3n) is 2.80. The Kier molecular flexibility index (Phi) is 5.95. The fourth-order valence-electron chi connectivity index (χ4n) is 1.71. The van der Waals surface area contributed by atoms with Gasteiger partial charge >= 0.3 is 0 Å². The fourth-order valence-corrected chi connectivity index (χ4v) is 2.52. The first-order valence-corrected chi connectivity index (χ1v) is 7.63. The molecule has 108 valence electrons. The summed E-state index contributed by atoms with van der Waals surface area (Å²) in [5.41, 5.74) is 0. The van der Waals surface area contributed by atoms with Gasteiger partial charge in [0.1, 0.15) is 11.6 Å². The number of ether oxygens (including phenoxy) is 1. The predicted octanol–water partition coefficient (Wildman–Crippen LogP) is 3.75. The van der Waals surface area contributed by atoms with Crippen molar-refractivity contribution in [3.05, 3.63) is 46.2 Å². The van der Waals surface area contributed by atoms with Crippen molar-refractivity contribution in [3.63, 3.8) is 0 Å². The molecule has 5 heteroatoms. The molecule has 0 atom stereocenters. The third kappa shape index (κ3) is 4.58. The molecule has 1 N–H and O–H groups in total. The van der Waals surface area contributed by atoms with Gasteiger partial charge in [0.15, 0.2) is 11.6 Å².